The van der Waals surface area contributed by atoms with Crippen LogP contribution in [-0.2, 0) is 28.4 Å². The third-order valence-corrected chi connectivity index (χ3v) is 5.80. The third-order valence-electron chi connectivity index (χ3n) is 5.80. The Labute approximate surface area is 218 Å². The van der Waals surface area contributed by atoms with Crippen LogP contribution < -0.4 is 10.5 Å². The van der Waals surface area contributed by atoms with E-state index in [4.69, 9.17) is 20.4 Å². The average molecular weight is 554 g/mol. The maximum absolute atomic E-state index is 13.4. The van der Waals surface area contributed by atoms with Crippen molar-refractivity contribution in [3.8, 4) is 0 Å². The smallest absolute Gasteiger partial charge is 0.392 e. The molecule has 0 atom stereocenters. The molecule has 11 nitrogen and oxygen atoms in total. The number of H-pyrrole nitrogens is 1. The lowest BCUT2D eigenvalue weighted by atomic mass is 9.65. The molecular weight excluding hydrogens is 536 g/mol. The Kier molecular flexibility index (Phi) is 7.64. The van der Waals surface area contributed by atoms with Crippen molar-refractivity contribution in [2.75, 3.05) is 37.7 Å². The highest BCUT2D eigenvalue weighted by Crippen LogP contribution is 2.32. The van der Waals surface area contributed by atoms with Crippen LogP contribution in [0.15, 0.2) is 23.4 Å². The van der Waals surface area contributed by atoms with Crippen LogP contribution in [0.5, 0.6) is 0 Å². The standard InChI is InChI=1S/C20H18B2F6N8O3/c21-18(22,10-36-12-9-31-32-16(38)14(12)15(33-36)20(26,27)28)39-6-1-13(37)34-2-4-35(5-3-34)17-29-7-11(8-30-17)19(23,24)25/h7-9H,1-6,10H2,(H,32,38). The van der Waals surface area contributed by atoms with Gasteiger partial charge in [-0.25, -0.2) is 15.1 Å². The number of amides is 1. The van der Waals surface area contributed by atoms with Gasteiger partial charge >= 0.3 is 12.4 Å². The summed E-state index contributed by atoms with van der Waals surface area (Å²) in [5.74, 6) is -0.232. The zero-order chi connectivity index (χ0) is 28.6. The molecule has 1 aliphatic heterocycles. The lowest BCUT2D eigenvalue weighted by Crippen LogP contribution is -2.49. The highest BCUT2D eigenvalue weighted by atomic mass is 19.4. The first-order valence-electron chi connectivity index (χ1n) is 11.3. The number of ether oxygens (including phenoxy) is 1. The van der Waals surface area contributed by atoms with Gasteiger partial charge in [-0.1, -0.05) is 0 Å². The third kappa shape index (κ3) is 6.51. The lowest BCUT2D eigenvalue weighted by molar-refractivity contribution is -0.140. The quantitative estimate of drug-likeness (QED) is 0.335. The second-order valence-electron chi connectivity index (χ2n) is 8.65. The SMILES string of the molecule is [B]C([B])(Cn1nc(C(F)(F)F)c2c(=O)[nH]ncc21)OCCC(=O)N1CCN(c2ncc(C(F)(F)F)cn2)CC1. The van der Waals surface area contributed by atoms with Crippen LogP contribution in [0.25, 0.3) is 10.9 Å². The van der Waals surface area contributed by atoms with E-state index in [9.17, 15) is 35.9 Å². The van der Waals surface area contributed by atoms with E-state index < -0.39 is 46.5 Å². The van der Waals surface area contributed by atoms with Gasteiger partial charge in [0.25, 0.3) is 5.56 Å². The van der Waals surface area contributed by atoms with E-state index in [1.54, 1.807) is 4.90 Å². The van der Waals surface area contributed by atoms with Gasteiger partial charge in [-0.15, -0.1) is 0 Å². The minimum absolute atomic E-state index is 0.103. The number of aromatic nitrogens is 6. The molecule has 204 valence electrons. The van der Waals surface area contributed by atoms with Crippen molar-refractivity contribution in [2.45, 2.75) is 30.7 Å². The summed E-state index contributed by atoms with van der Waals surface area (Å²) in [6.45, 7) is 0.151. The van der Waals surface area contributed by atoms with Crippen molar-refractivity contribution >= 4 is 38.5 Å². The van der Waals surface area contributed by atoms with Crippen LogP contribution in [0.4, 0.5) is 32.3 Å². The summed E-state index contributed by atoms with van der Waals surface area (Å²) in [7, 11) is 11.7. The second-order valence-corrected chi connectivity index (χ2v) is 8.65. The average Bonchev–Trinajstić information content (AvgIpc) is 3.23. The monoisotopic (exact) mass is 554 g/mol. The van der Waals surface area contributed by atoms with Crippen LogP contribution >= 0.6 is 0 Å². The zero-order valence-electron chi connectivity index (χ0n) is 20.0. The fraction of sp³-hybridized carbons (Fsp3) is 0.500. The number of carbonyl (C=O) groups excluding carboxylic acids is 1. The highest BCUT2D eigenvalue weighted by Gasteiger charge is 2.39. The fourth-order valence-corrected chi connectivity index (χ4v) is 3.91. The number of alkyl halides is 6. The van der Waals surface area contributed by atoms with Crippen molar-refractivity contribution in [3.05, 3.63) is 40.2 Å². The van der Waals surface area contributed by atoms with Gasteiger partial charge in [-0.2, -0.15) is 36.5 Å². The lowest BCUT2D eigenvalue weighted by Gasteiger charge is -2.35. The number of anilines is 1. The summed E-state index contributed by atoms with van der Waals surface area (Å²) in [5, 5.41) is 6.03. The fourth-order valence-electron chi connectivity index (χ4n) is 3.91. The van der Waals surface area contributed by atoms with Crippen molar-refractivity contribution in [2.24, 2.45) is 0 Å². The molecule has 0 aliphatic carbocycles. The number of hydrogen-bond donors (Lipinski definition) is 1. The van der Waals surface area contributed by atoms with Crippen LogP contribution in [0.1, 0.15) is 17.7 Å². The molecule has 1 amide bonds. The molecule has 1 N–H and O–H groups in total. The molecule has 19 heteroatoms. The van der Waals surface area contributed by atoms with E-state index in [1.165, 1.54) is 4.90 Å². The summed E-state index contributed by atoms with van der Waals surface area (Å²) < 4.78 is 84.2. The van der Waals surface area contributed by atoms with Crippen LogP contribution in [0.2, 0.25) is 0 Å². The topological polar surface area (TPSA) is 122 Å². The van der Waals surface area contributed by atoms with Gasteiger partial charge in [-0.3, -0.25) is 14.3 Å². The molecule has 0 unspecified atom stereocenters. The Hall–Kier alpha value is -3.63. The Bertz CT molecular complexity index is 1390. The summed E-state index contributed by atoms with van der Waals surface area (Å²) in [6, 6.07) is 0. The van der Waals surface area contributed by atoms with Gasteiger partial charge in [0.2, 0.25) is 11.9 Å². The van der Waals surface area contributed by atoms with Crippen molar-refractivity contribution in [1.82, 2.24) is 34.8 Å². The number of nitrogens with one attached hydrogen (secondary N) is 1. The van der Waals surface area contributed by atoms with Crippen LogP contribution in [0, 0.1) is 0 Å². The van der Waals surface area contributed by atoms with E-state index in [0.717, 1.165) is 10.9 Å². The number of fused-ring (bicyclic) bond motifs is 1. The first kappa shape index (κ1) is 28.4. The molecule has 4 rings (SSSR count). The number of hydrogen-bond acceptors (Lipinski definition) is 8. The highest BCUT2D eigenvalue weighted by molar-refractivity contribution is 6.39. The van der Waals surface area contributed by atoms with Gasteiger partial charge < -0.3 is 14.5 Å². The predicted molar refractivity (Wildman–Crippen MR) is 124 cm³/mol. The second kappa shape index (κ2) is 10.5. The normalized spacial score (nSPS) is 15.2. The van der Waals surface area contributed by atoms with E-state index in [0.29, 0.717) is 12.4 Å². The van der Waals surface area contributed by atoms with E-state index in [-0.39, 0.29) is 56.6 Å². The van der Waals surface area contributed by atoms with Crippen LogP contribution in [0.3, 0.4) is 0 Å². The van der Waals surface area contributed by atoms with Crippen LogP contribution in [-0.4, -0.2) is 94.6 Å². The molecule has 3 aromatic rings. The van der Waals surface area contributed by atoms with Crippen molar-refractivity contribution < 1.29 is 35.9 Å². The molecule has 1 saturated heterocycles. The number of rotatable bonds is 7. The zero-order valence-corrected chi connectivity index (χ0v) is 20.0. The number of carbonyl (C=O) groups is 1. The van der Waals surface area contributed by atoms with Crippen molar-refractivity contribution in [3.63, 3.8) is 0 Å². The number of nitrogens with zero attached hydrogens (tertiary/aromatic N) is 7. The largest absolute Gasteiger partial charge is 0.435 e. The maximum atomic E-state index is 13.4. The predicted octanol–water partition coefficient (Wildman–Crippen LogP) is 0.693. The van der Waals surface area contributed by atoms with E-state index in [1.807, 2.05) is 5.10 Å². The minimum Gasteiger partial charge on any atom is -0.392 e. The first-order chi connectivity index (χ1) is 18.2. The Balaban J connectivity index is 1.30. The van der Waals surface area contributed by atoms with Gasteiger partial charge in [-0.05, 0) is 0 Å². The molecule has 0 bridgehead atoms. The van der Waals surface area contributed by atoms with Gasteiger partial charge in [0.1, 0.15) is 21.1 Å². The summed E-state index contributed by atoms with van der Waals surface area (Å²) in [6.07, 6.45) is -7.30. The molecule has 4 heterocycles. The molecule has 0 spiro atoms. The molecule has 39 heavy (non-hydrogen) atoms. The molecule has 4 radical (unpaired) electrons. The van der Waals surface area contributed by atoms with E-state index >= 15 is 0 Å². The summed E-state index contributed by atoms with van der Waals surface area (Å²) >= 11 is 0. The minimum atomic E-state index is -4.93. The van der Waals surface area contributed by atoms with Gasteiger partial charge in [0, 0.05) is 44.0 Å². The summed E-state index contributed by atoms with van der Waals surface area (Å²) in [5.41, 5.74) is -3.76. The van der Waals surface area contributed by atoms with Crippen molar-refractivity contribution in [1.29, 1.82) is 0 Å². The first-order valence-corrected chi connectivity index (χ1v) is 11.3. The number of piperazine rings is 1. The Morgan fingerprint density at radius 3 is 2.23 bits per heavy atom. The molecule has 0 aromatic carbocycles. The molecule has 1 fully saturated rings. The molecular formula is C20H18B2F6N8O3. The Morgan fingerprint density at radius 1 is 1.00 bits per heavy atom. The van der Waals surface area contributed by atoms with Gasteiger partial charge in [0.05, 0.1) is 36.8 Å². The molecule has 0 saturated carbocycles. The molecule has 1 aliphatic rings. The number of aromatic amines is 1. The Morgan fingerprint density at radius 2 is 1.64 bits per heavy atom. The number of halogens is 6. The maximum Gasteiger partial charge on any atom is 0.435 e. The molecule has 3 aromatic heterocycles. The van der Waals surface area contributed by atoms with Gasteiger partial charge in [0.15, 0.2) is 5.69 Å². The summed E-state index contributed by atoms with van der Waals surface area (Å²) in [4.78, 5) is 35.1. The van der Waals surface area contributed by atoms with E-state index in [2.05, 4.69) is 20.2 Å².